The Hall–Kier alpha value is -2.85. The third-order valence-electron chi connectivity index (χ3n) is 5.18. The van der Waals surface area contributed by atoms with Gasteiger partial charge in [0.15, 0.2) is 22.5 Å². The average Bonchev–Trinajstić information content (AvgIpc) is 3.36. The molecule has 0 bridgehead atoms. The Bertz CT molecular complexity index is 1170. The lowest BCUT2D eigenvalue weighted by Crippen LogP contribution is -2.32. The van der Waals surface area contributed by atoms with Crippen molar-refractivity contribution in [3.63, 3.8) is 0 Å². The standard InChI is InChI=1S/C20H19F3N4O2S/c1-26-11-18(24-12-26)30(28,29)27-9-14(13-5-3-2-4-6-13)17(10-27)25-16-8-7-15(21)19(22)20(16)23/h2-8,11-12,14,17,25H,9-10H2,1H3/t14-,17+/m1/s1. The molecule has 1 saturated heterocycles. The van der Waals surface area contributed by atoms with Crippen LogP contribution in [-0.2, 0) is 17.1 Å². The first kappa shape index (κ1) is 20.4. The molecule has 0 unspecified atom stereocenters. The summed E-state index contributed by atoms with van der Waals surface area (Å²) in [5.74, 6) is -4.54. The van der Waals surface area contributed by atoms with Crippen molar-refractivity contribution in [2.45, 2.75) is 17.0 Å². The molecule has 0 radical (unpaired) electrons. The minimum Gasteiger partial charge on any atom is -0.378 e. The number of halogens is 3. The Morgan fingerprint density at radius 2 is 1.77 bits per heavy atom. The minimum atomic E-state index is -3.88. The van der Waals surface area contributed by atoms with Gasteiger partial charge in [-0.15, -0.1) is 0 Å². The number of hydrogen-bond acceptors (Lipinski definition) is 4. The number of nitrogens with one attached hydrogen (secondary N) is 1. The quantitative estimate of drug-likeness (QED) is 0.625. The summed E-state index contributed by atoms with van der Waals surface area (Å²) in [6, 6.07) is 10.5. The van der Waals surface area contributed by atoms with Gasteiger partial charge < -0.3 is 9.88 Å². The van der Waals surface area contributed by atoms with Crippen LogP contribution in [0.1, 0.15) is 11.5 Å². The van der Waals surface area contributed by atoms with E-state index in [0.717, 1.165) is 17.7 Å². The molecule has 0 spiro atoms. The molecule has 1 N–H and O–H groups in total. The van der Waals surface area contributed by atoms with Crippen LogP contribution in [-0.4, -0.2) is 41.4 Å². The van der Waals surface area contributed by atoms with E-state index in [0.29, 0.717) is 0 Å². The molecule has 2 heterocycles. The van der Waals surface area contributed by atoms with Crippen molar-refractivity contribution in [2.75, 3.05) is 18.4 Å². The van der Waals surface area contributed by atoms with Gasteiger partial charge in [0.1, 0.15) is 0 Å². The highest BCUT2D eigenvalue weighted by molar-refractivity contribution is 7.89. The third kappa shape index (κ3) is 3.68. The van der Waals surface area contributed by atoms with E-state index in [2.05, 4.69) is 10.3 Å². The zero-order valence-electron chi connectivity index (χ0n) is 16.0. The molecule has 1 aromatic heterocycles. The van der Waals surface area contributed by atoms with Crippen molar-refractivity contribution in [3.8, 4) is 0 Å². The van der Waals surface area contributed by atoms with Gasteiger partial charge >= 0.3 is 0 Å². The second-order valence-corrected chi connectivity index (χ2v) is 9.08. The number of sulfonamides is 1. The van der Waals surface area contributed by atoms with Crippen molar-refractivity contribution < 1.29 is 21.6 Å². The van der Waals surface area contributed by atoms with Gasteiger partial charge in [0, 0.05) is 38.3 Å². The summed E-state index contributed by atoms with van der Waals surface area (Å²) < 4.78 is 70.0. The molecule has 1 fully saturated rings. The first-order chi connectivity index (χ1) is 14.3. The van der Waals surface area contributed by atoms with E-state index >= 15 is 0 Å². The van der Waals surface area contributed by atoms with Crippen LogP contribution in [0.4, 0.5) is 18.9 Å². The van der Waals surface area contributed by atoms with Crippen molar-refractivity contribution >= 4 is 15.7 Å². The van der Waals surface area contributed by atoms with E-state index < -0.39 is 33.5 Å². The Morgan fingerprint density at radius 1 is 1.03 bits per heavy atom. The van der Waals surface area contributed by atoms with Gasteiger partial charge in [-0.3, -0.25) is 0 Å². The Morgan fingerprint density at radius 3 is 2.43 bits per heavy atom. The molecule has 0 aliphatic carbocycles. The van der Waals surface area contributed by atoms with E-state index in [1.807, 2.05) is 30.3 Å². The smallest absolute Gasteiger partial charge is 0.262 e. The molecule has 0 amide bonds. The highest BCUT2D eigenvalue weighted by Crippen LogP contribution is 2.34. The monoisotopic (exact) mass is 436 g/mol. The Balaban J connectivity index is 1.68. The number of nitrogens with zero attached hydrogens (tertiary/aromatic N) is 3. The van der Waals surface area contributed by atoms with Crippen LogP contribution in [0.5, 0.6) is 0 Å². The Kier molecular flexibility index (Phi) is 5.29. The molecule has 6 nitrogen and oxygen atoms in total. The summed E-state index contributed by atoms with van der Waals surface area (Å²) in [4.78, 5) is 3.94. The molecule has 30 heavy (non-hydrogen) atoms. The van der Waals surface area contributed by atoms with Crippen LogP contribution >= 0.6 is 0 Å². The molecule has 10 heteroatoms. The van der Waals surface area contributed by atoms with Crippen molar-refractivity contribution in [3.05, 3.63) is 78.0 Å². The maximum absolute atomic E-state index is 14.2. The second-order valence-electron chi connectivity index (χ2n) is 7.19. The summed E-state index contributed by atoms with van der Waals surface area (Å²) >= 11 is 0. The molecular formula is C20H19F3N4O2S. The maximum atomic E-state index is 14.2. The summed E-state index contributed by atoms with van der Waals surface area (Å²) in [5, 5.41) is 2.78. The van der Waals surface area contributed by atoms with Crippen LogP contribution in [0.15, 0.2) is 60.0 Å². The fourth-order valence-electron chi connectivity index (χ4n) is 3.64. The molecule has 2 aromatic carbocycles. The van der Waals surface area contributed by atoms with Gasteiger partial charge in [-0.1, -0.05) is 30.3 Å². The first-order valence-corrected chi connectivity index (χ1v) is 10.6. The van der Waals surface area contributed by atoms with Crippen molar-refractivity contribution in [1.82, 2.24) is 13.9 Å². The molecular weight excluding hydrogens is 417 g/mol. The van der Waals surface area contributed by atoms with Gasteiger partial charge in [-0.05, 0) is 17.7 Å². The highest BCUT2D eigenvalue weighted by Gasteiger charge is 2.41. The topological polar surface area (TPSA) is 67.2 Å². The van der Waals surface area contributed by atoms with Gasteiger partial charge in [0.05, 0.1) is 12.0 Å². The SMILES string of the molecule is Cn1cnc(S(=O)(=O)N2C[C@H](Nc3ccc(F)c(F)c3F)[C@@H](c3ccccc3)C2)c1. The summed E-state index contributed by atoms with van der Waals surface area (Å²) in [6.45, 7) is 0.142. The second kappa shape index (κ2) is 7.77. The van der Waals surface area contributed by atoms with Gasteiger partial charge in [-0.2, -0.15) is 4.31 Å². The predicted molar refractivity (Wildman–Crippen MR) is 105 cm³/mol. The molecule has 1 aliphatic heterocycles. The summed E-state index contributed by atoms with van der Waals surface area (Å²) in [6.07, 6.45) is 2.80. The van der Waals surface area contributed by atoms with E-state index in [1.54, 1.807) is 7.05 Å². The highest BCUT2D eigenvalue weighted by atomic mass is 32.2. The molecule has 0 saturated carbocycles. The van der Waals surface area contributed by atoms with E-state index in [-0.39, 0.29) is 29.7 Å². The van der Waals surface area contributed by atoms with Gasteiger partial charge in [-0.25, -0.2) is 26.6 Å². The maximum Gasteiger partial charge on any atom is 0.262 e. The predicted octanol–water partition coefficient (Wildman–Crippen LogP) is 3.11. The van der Waals surface area contributed by atoms with Crippen LogP contribution in [0.3, 0.4) is 0 Å². The number of benzene rings is 2. The number of aromatic nitrogens is 2. The fourth-order valence-corrected chi connectivity index (χ4v) is 5.10. The van der Waals surface area contributed by atoms with Crippen molar-refractivity contribution in [1.29, 1.82) is 0 Å². The van der Waals surface area contributed by atoms with Crippen LogP contribution in [0.25, 0.3) is 0 Å². The summed E-state index contributed by atoms with van der Waals surface area (Å²) in [5.41, 5.74) is 0.619. The number of aryl methyl sites for hydroxylation is 1. The fraction of sp³-hybridized carbons (Fsp3) is 0.250. The zero-order chi connectivity index (χ0) is 21.5. The number of hydrogen-bond donors (Lipinski definition) is 1. The molecule has 4 rings (SSSR count). The van der Waals surface area contributed by atoms with E-state index in [1.165, 1.54) is 21.4 Å². The normalized spacial score (nSPS) is 19.9. The largest absolute Gasteiger partial charge is 0.378 e. The van der Waals surface area contributed by atoms with Crippen LogP contribution in [0.2, 0.25) is 0 Å². The third-order valence-corrected chi connectivity index (χ3v) is 6.89. The molecule has 158 valence electrons. The Labute approximate surface area is 172 Å². The lowest BCUT2D eigenvalue weighted by Gasteiger charge is -2.21. The van der Waals surface area contributed by atoms with E-state index in [9.17, 15) is 21.6 Å². The number of rotatable bonds is 5. The summed E-state index contributed by atoms with van der Waals surface area (Å²) in [7, 11) is -2.21. The van der Waals surface area contributed by atoms with Crippen LogP contribution in [0, 0.1) is 17.5 Å². The minimum absolute atomic E-state index is 0.0108. The molecule has 2 atom stereocenters. The van der Waals surface area contributed by atoms with E-state index in [4.69, 9.17) is 0 Å². The number of anilines is 1. The zero-order valence-corrected chi connectivity index (χ0v) is 16.8. The molecule has 3 aromatic rings. The number of imidazole rings is 1. The lowest BCUT2D eigenvalue weighted by atomic mass is 9.94. The molecule has 1 aliphatic rings. The van der Waals surface area contributed by atoms with Gasteiger partial charge in [0.2, 0.25) is 0 Å². The first-order valence-electron chi connectivity index (χ1n) is 9.20. The van der Waals surface area contributed by atoms with Crippen molar-refractivity contribution in [2.24, 2.45) is 7.05 Å². The lowest BCUT2D eigenvalue weighted by molar-refractivity contribution is 0.447. The van der Waals surface area contributed by atoms with Crippen LogP contribution < -0.4 is 5.32 Å². The van der Waals surface area contributed by atoms with Gasteiger partial charge in [0.25, 0.3) is 10.0 Å². The average molecular weight is 436 g/mol.